The van der Waals surface area contributed by atoms with E-state index in [0.717, 1.165) is 0 Å². The van der Waals surface area contributed by atoms with Gasteiger partial charge in [-0.25, -0.2) is 17.9 Å². The first-order valence-electron chi connectivity index (χ1n) is 6.12. The fourth-order valence-corrected chi connectivity index (χ4v) is 3.22. The second-order valence-electron chi connectivity index (χ2n) is 4.50. The lowest BCUT2D eigenvalue weighted by molar-refractivity contribution is 0.0696. The minimum atomic E-state index is -3.79. The molecule has 0 unspecified atom stereocenters. The maximum absolute atomic E-state index is 12.3. The summed E-state index contributed by atoms with van der Waals surface area (Å²) in [6.07, 6.45) is 1.57. The summed E-state index contributed by atoms with van der Waals surface area (Å²) < 4.78 is 28.6. The van der Waals surface area contributed by atoms with Crippen molar-refractivity contribution < 1.29 is 18.3 Å². The first-order valence-corrected chi connectivity index (χ1v) is 7.60. The van der Waals surface area contributed by atoms with Gasteiger partial charge in [-0.15, -0.1) is 0 Å². The lowest BCUT2D eigenvalue weighted by Gasteiger charge is -2.11. The van der Waals surface area contributed by atoms with Crippen molar-refractivity contribution in [2.75, 3.05) is 0 Å². The van der Waals surface area contributed by atoms with Gasteiger partial charge in [0.1, 0.15) is 0 Å². The Morgan fingerprint density at radius 3 is 2.67 bits per heavy atom. The predicted molar refractivity (Wildman–Crippen MR) is 75.4 cm³/mol. The molecule has 2 aromatic rings. The van der Waals surface area contributed by atoms with Gasteiger partial charge < -0.3 is 5.11 Å². The van der Waals surface area contributed by atoms with Crippen LogP contribution in [0, 0.1) is 6.92 Å². The third-order valence-electron chi connectivity index (χ3n) is 3.17. The number of rotatable bonds is 5. The smallest absolute Gasteiger partial charge is 0.335 e. The van der Waals surface area contributed by atoms with E-state index in [1.54, 1.807) is 24.0 Å². The van der Waals surface area contributed by atoms with Crippen LogP contribution in [-0.2, 0) is 23.6 Å². The summed E-state index contributed by atoms with van der Waals surface area (Å²) in [6.45, 7) is 1.55. The number of carboxylic acids is 1. The minimum absolute atomic E-state index is 0.0293. The molecule has 112 valence electrons. The Kier molecular flexibility index (Phi) is 4.10. The van der Waals surface area contributed by atoms with E-state index in [-0.39, 0.29) is 22.6 Å². The first kappa shape index (κ1) is 15.2. The quantitative estimate of drug-likeness (QED) is 0.854. The number of aromatic nitrogens is 2. The highest BCUT2D eigenvalue weighted by Crippen LogP contribution is 2.19. The Bertz CT molecular complexity index is 780. The van der Waals surface area contributed by atoms with Gasteiger partial charge in [0.05, 0.1) is 22.7 Å². The zero-order chi connectivity index (χ0) is 15.6. The lowest BCUT2D eigenvalue weighted by Crippen LogP contribution is -2.25. The first-order chi connectivity index (χ1) is 9.83. The highest BCUT2D eigenvalue weighted by atomic mass is 32.2. The van der Waals surface area contributed by atoms with Crippen LogP contribution in [0.25, 0.3) is 0 Å². The molecular weight excluding hydrogens is 294 g/mol. The van der Waals surface area contributed by atoms with Gasteiger partial charge in [-0.1, -0.05) is 6.07 Å². The van der Waals surface area contributed by atoms with E-state index in [4.69, 9.17) is 5.11 Å². The average Bonchev–Trinajstić information content (AvgIpc) is 2.82. The van der Waals surface area contributed by atoms with Crippen LogP contribution in [0.1, 0.15) is 21.6 Å². The average molecular weight is 309 g/mol. The molecule has 0 aliphatic heterocycles. The molecule has 0 atom stereocenters. The SMILES string of the molecule is Cc1c(C(=O)O)cccc1S(=O)(=O)NCc1ccnn1C. The van der Waals surface area contributed by atoms with Crippen molar-refractivity contribution in [3.63, 3.8) is 0 Å². The van der Waals surface area contributed by atoms with Crippen molar-refractivity contribution in [1.29, 1.82) is 0 Å². The van der Waals surface area contributed by atoms with Crippen LogP contribution in [0.3, 0.4) is 0 Å². The van der Waals surface area contributed by atoms with Crippen LogP contribution < -0.4 is 4.72 Å². The van der Waals surface area contributed by atoms with E-state index in [1.165, 1.54) is 25.1 Å². The van der Waals surface area contributed by atoms with Crippen LogP contribution >= 0.6 is 0 Å². The number of nitrogens with one attached hydrogen (secondary N) is 1. The van der Waals surface area contributed by atoms with E-state index in [1.807, 2.05) is 0 Å². The molecule has 0 fully saturated rings. The van der Waals surface area contributed by atoms with Crippen LogP contribution in [0.2, 0.25) is 0 Å². The maximum atomic E-state index is 12.3. The number of aromatic carboxylic acids is 1. The highest BCUT2D eigenvalue weighted by molar-refractivity contribution is 7.89. The second kappa shape index (κ2) is 5.66. The van der Waals surface area contributed by atoms with Crippen molar-refractivity contribution in [1.82, 2.24) is 14.5 Å². The molecule has 21 heavy (non-hydrogen) atoms. The number of sulfonamides is 1. The molecule has 1 aromatic heterocycles. The summed E-state index contributed by atoms with van der Waals surface area (Å²) in [5.41, 5.74) is 0.881. The Morgan fingerprint density at radius 2 is 2.10 bits per heavy atom. The number of benzene rings is 1. The third kappa shape index (κ3) is 3.11. The molecule has 8 heteroatoms. The number of carbonyl (C=O) groups is 1. The number of hydrogen-bond acceptors (Lipinski definition) is 4. The van der Waals surface area contributed by atoms with Crippen LogP contribution in [0.5, 0.6) is 0 Å². The molecule has 0 spiro atoms. The zero-order valence-corrected chi connectivity index (χ0v) is 12.4. The largest absolute Gasteiger partial charge is 0.478 e. The number of aryl methyl sites for hydroxylation is 1. The topological polar surface area (TPSA) is 101 Å². The van der Waals surface area contributed by atoms with E-state index in [2.05, 4.69) is 9.82 Å². The van der Waals surface area contributed by atoms with E-state index < -0.39 is 16.0 Å². The van der Waals surface area contributed by atoms with Crippen LogP contribution in [-0.4, -0.2) is 29.3 Å². The molecule has 0 amide bonds. The molecule has 0 aliphatic carbocycles. The van der Waals surface area contributed by atoms with Gasteiger partial charge in [-0.05, 0) is 30.7 Å². The standard InChI is InChI=1S/C13H15N3O4S/c1-9-11(13(17)18)4-3-5-12(9)21(19,20)15-8-10-6-7-14-16(10)2/h3-7,15H,8H2,1-2H3,(H,17,18). The molecule has 0 aliphatic rings. The van der Waals surface area contributed by atoms with Gasteiger partial charge in [0, 0.05) is 13.2 Å². The number of carboxylic acid groups (broad SMARTS) is 1. The summed E-state index contributed by atoms with van der Waals surface area (Å²) in [5, 5.41) is 13.0. The minimum Gasteiger partial charge on any atom is -0.478 e. The number of nitrogens with zero attached hydrogens (tertiary/aromatic N) is 2. The van der Waals surface area contributed by atoms with Crippen molar-refractivity contribution in [2.24, 2.45) is 7.05 Å². The Morgan fingerprint density at radius 1 is 1.38 bits per heavy atom. The number of hydrogen-bond donors (Lipinski definition) is 2. The molecule has 0 saturated heterocycles. The Hall–Kier alpha value is -2.19. The molecule has 0 bridgehead atoms. The molecule has 7 nitrogen and oxygen atoms in total. The van der Waals surface area contributed by atoms with Crippen LogP contribution in [0.4, 0.5) is 0 Å². The predicted octanol–water partition coefficient (Wildman–Crippen LogP) is 0.905. The fraction of sp³-hybridized carbons (Fsp3) is 0.231. The zero-order valence-electron chi connectivity index (χ0n) is 11.6. The summed E-state index contributed by atoms with van der Waals surface area (Å²) in [6, 6.07) is 5.86. The summed E-state index contributed by atoms with van der Waals surface area (Å²) in [4.78, 5) is 11.0. The molecule has 1 aromatic carbocycles. The van der Waals surface area contributed by atoms with E-state index in [0.29, 0.717) is 5.69 Å². The lowest BCUT2D eigenvalue weighted by atomic mass is 10.1. The third-order valence-corrected chi connectivity index (χ3v) is 4.72. The molecular formula is C13H15N3O4S. The fourth-order valence-electron chi connectivity index (χ4n) is 1.96. The van der Waals surface area contributed by atoms with Gasteiger partial charge in [0.2, 0.25) is 10.0 Å². The van der Waals surface area contributed by atoms with Crippen molar-refractivity contribution in [3.8, 4) is 0 Å². The Balaban J connectivity index is 2.30. The summed E-state index contributed by atoms with van der Waals surface area (Å²) >= 11 is 0. The van der Waals surface area contributed by atoms with E-state index >= 15 is 0 Å². The van der Waals surface area contributed by atoms with E-state index in [9.17, 15) is 13.2 Å². The van der Waals surface area contributed by atoms with Gasteiger partial charge in [-0.2, -0.15) is 5.10 Å². The molecule has 2 N–H and O–H groups in total. The van der Waals surface area contributed by atoms with Gasteiger partial charge in [-0.3, -0.25) is 4.68 Å². The normalized spacial score (nSPS) is 11.5. The van der Waals surface area contributed by atoms with Crippen LogP contribution in [0.15, 0.2) is 35.4 Å². The summed E-state index contributed by atoms with van der Waals surface area (Å²) in [5.74, 6) is -1.16. The molecule has 2 rings (SSSR count). The van der Waals surface area contributed by atoms with Crippen molar-refractivity contribution >= 4 is 16.0 Å². The summed E-state index contributed by atoms with van der Waals surface area (Å²) in [7, 11) is -2.09. The maximum Gasteiger partial charge on any atom is 0.335 e. The van der Waals surface area contributed by atoms with Gasteiger partial charge in [0.25, 0.3) is 0 Å². The highest BCUT2D eigenvalue weighted by Gasteiger charge is 2.20. The van der Waals surface area contributed by atoms with Crippen molar-refractivity contribution in [3.05, 3.63) is 47.3 Å². The Labute approximate surface area is 122 Å². The van der Waals surface area contributed by atoms with Gasteiger partial charge >= 0.3 is 5.97 Å². The second-order valence-corrected chi connectivity index (χ2v) is 6.24. The molecule has 0 saturated carbocycles. The molecule has 1 heterocycles. The molecule has 0 radical (unpaired) electrons. The van der Waals surface area contributed by atoms with Gasteiger partial charge in [0.15, 0.2) is 0 Å². The van der Waals surface area contributed by atoms with Crippen molar-refractivity contribution in [2.45, 2.75) is 18.4 Å². The monoisotopic (exact) mass is 309 g/mol.